The maximum Gasteiger partial charge on any atom is 0.276 e. The maximum atomic E-state index is 13.3. The molecule has 2 aromatic rings. The number of ether oxygens (including phenoxy) is 1. The van der Waals surface area contributed by atoms with E-state index in [0.29, 0.717) is 60.9 Å². The fourth-order valence-electron chi connectivity index (χ4n) is 4.76. The van der Waals surface area contributed by atoms with Gasteiger partial charge in [-0.1, -0.05) is 0 Å². The van der Waals surface area contributed by atoms with E-state index in [2.05, 4.69) is 20.6 Å². The molecule has 9 nitrogen and oxygen atoms in total. The predicted octanol–water partition coefficient (Wildman–Crippen LogP) is 0.725. The first-order chi connectivity index (χ1) is 13.0. The fourth-order valence-corrected chi connectivity index (χ4v) is 4.76. The Hall–Kier alpha value is -2.94. The Balaban J connectivity index is 1.62. The number of pyridine rings is 1. The van der Waals surface area contributed by atoms with Gasteiger partial charge in [-0.05, 0) is 43.2 Å². The van der Waals surface area contributed by atoms with Crippen molar-refractivity contribution in [2.75, 3.05) is 24.3 Å². The van der Waals surface area contributed by atoms with E-state index in [1.165, 1.54) is 6.33 Å². The number of amides is 1. The lowest BCUT2D eigenvalue weighted by molar-refractivity contribution is 0.0892. The summed E-state index contributed by atoms with van der Waals surface area (Å²) < 4.78 is 7.21. The van der Waals surface area contributed by atoms with Gasteiger partial charge in [-0.2, -0.15) is 0 Å². The molecule has 2 aromatic heterocycles. The van der Waals surface area contributed by atoms with Crippen LogP contribution in [0.15, 0.2) is 23.3 Å². The van der Waals surface area contributed by atoms with Crippen LogP contribution in [0.1, 0.15) is 28.9 Å². The second-order valence-corrected chi connectivity index (χ2v) is 7.63. The minimum absolute atomic E-state index is 0.191. The molecule has 1 amide bonds. The van der Waals surface area contributed by atoms with Crippen LogP contribution in [0.25, 0.3) is 0 Å². The van der Waals surface area contributed by atoms with Gasteiger partial charge in [-0.15, -0.1) is 0 Å². The molecular formula is C18H20N6O3. The lowest BCUT2D eigenvalue weighted by Crippen LogP contribution is -2.46. The summed E-state index contributed by atoms with van der Waals surface area (Å²) in [6.07, 6.45) is 2.75. The summed E-state index contributed by atoms with van der Waals surface area (Å²) in [6, 6.07) is 3.24. The molecular weight excluding hydrogens is 348 g/mol. The number of fused-ring (bicyclic) bond motifs is 3. The molecule has 1 aliphatic carbocycles. The average molecular weight is 368 g/mol. The van der Waals surface area contributed by atoms with Gasteiger partial charge in [0.25, 0.3) is 11.5 Å². The zero-order valence-electron chi connectivity index (χ0n) is 14.9. The quantitative estimate of drug-likeness (QED) is 0.713. The molecule has 1 spiro atoms. The van der Waals surface area contributed by atoms with Crippen molar-refractivity contribution in [1.29, 1.82) is 0 Å². The first-order valence-electron chi connectivity index (χ1n) is 8.99. The smallest absolute Gasteiger partial charge is 0.276 e. The molecule has 140 valence electrons. The van der Waals surface area contributed by atoms with Gasteiger partial charge in [0.1, 0.15) is 35.0 Å². The lowest BCUT2D eigenvalue weighted by atomic mass is 10.0. The van der Waals surface area contributed by atoms with Gasteiger partial charge in [-0.3, -0.25) is 14.2 Å². The number of nitrogens with two attached hydrogens (primary N) is 1. The molecule has 27 heavy (non-hydrogen) atoms. The van der Waals surface area contributed by atoms with Gasteiger partial charge in [0.15, 0.2) is 0 Å². The van der Waals surface area contributed by atoms with Gasteiger partial charge >= 0.3 is 0 Å². The Bertz CT molecular complexity index is 1000. The number of nitrogens with zero attached hydrogens (tertiary/aromatic N) is 3. The number of hydrogen-bond acceptors (Lipinski definition) is 7. The molecule has 0 bridgehead atoms. The summed E-state index contributed by atoms with van der Waals surface area (Å²) in [5.74, 6) is 1.27. The van der Waals surface area contributed by atoms with Crippen LogP contribution >= 0.6 is 0 Å². The zero-order valence-corrected chi connectivity index (χ0v) is 14.9. The fraction of sp³-hybridized carbons (Fsp3) is 0.444. The number of aromatic nitrogens is 3. The third-order valence-corrected chi connectivity index (χ3v) is 5.86. The third-order valence-electron chi connectivity index (χ3n) is 5.86. The number of rotatable bonds is 2. The molecule has 9 heteroatoms. The van der Waals surface area contributed by atoms with Gasteiger partial charge in [0.05, 0.1) is 0 Å². The van der Waals surface area contributed by atoms with Gasteiger partial charge in [-0.25, -0.2) is 9.97 Å². The first kappa shape index (κ1) is 16.2. The Morgan fingerprint density at radius 1 is 1.26 bits per heavy atom. The number of carbonyl (C=O) groups excluding carboxylic acids is 1. The molecule has 4 N–H and O–H groups in total. The van der Waals surface area contributed by atoms with Gasteiger partial charge in [0, 0.05) is 19.3 Å². The second-order valence-electron chi connectivity index (χ2n) is 7.63. The van der Waals surface area contributed by atoms with Gasteiger partial charge in [0.2, 0.25) is 0 Å². The Morgan fingerprint density at radius 3 is 2.70 bits per heavy atom. The molecule has 0 radical (unpaired) electrons. The van der Waals surface area contributed by atoms with Crippen molar-refractivity contribution in [2.45, 2.75) is 25.4 Å². The number of nitrogens with one attached hydrogen (secondary N) is 2. The number of nitrogen functional groups attached to an aromatic ring is 1. The molecule has 1 saturated carbocycles. The first-order valence-corrected chi connectivity index (χ1v) is 8.99. The van der Waals surface area contributed by atoms with Crippen molar-refractivity contribution in [3.8, 4) is 0 Å². The second kappa shape index (κ2) is 5.53. The minimum atomic E-state index is -0.671. The topological polar surface area (TPSA) is 124 Å². The number of hydrogen-bond donors (Lipinski definition) is 3. The van der Waals surface area contributed by atoms with E-state index < -0.39 is 5.66 Å². The van der Waals surface area contributed by atoms with Crippen LogP contribution in [0.2, 0.25) is 0 Å². The predicted molar refractivity (Wildman–Crippen MR) is 97.6 cm³/mol. The van der Waals surface area contributed by atoms with E-state index in [1.54, 1.807) is 16.7 Å². The minimum Gasteiger partial charge on any atom is -0.384 e. The van der Waals surface area contributed by atoms with E-state index in [-0.39, 0.29) is 11.5 Å². The van der Waals surface area contributed by atoms with Gasteiger partial charge < -0.3 is 21.1 Å². The number of carbonyl (C=O) groups is 1. The highest BCUT2D eigenvalue weighted by Gasteiger charge is 2.54. The molecule has 2 fully saturated rings. The van der Waals surface area contributed by atoms with Crippen LogP contribution in [0.3, 0.4) is 0 Å². The Labute approximate surface area is 155 Å². The highest BCUT2D eigenvalue weighted by atomic mass is 16.5. The van der Waals surface area contributed by atoms with Crippen LogP contribution in [0.5, 0.6) is 0 Å². The van der Waals surface area contributed by atoms with Crippen molar-refractivity contribution >= 4 is 23.2 Å². The molecule has 5 rings (SSSR count). The normalized spacial score (nSPS) is 28.3. The standard InChI is InChI=1S/C18H20N6O3/c1-9-2-12(22-14-3-13(19)20-8-21-14)17(26)24-15(9)16(25)23-18(24)4-10-6-27-7-11(10)5-18/h2-3,8,10-11H,4-7H2,1H3,(H,23,25)(H3,19,20,21,22)/t10-,11?,18?/m1/s1. The molecule has 3 atom stereocenters. The van der Waals surface area contributed by atoms with Crippen LogP contribution in [-0.2, 0) is 10.4 Å². The molecule has 3 aliphatic rings. The molecule has 2 aliphatic heterocycles. The number of aryl methyl sites for hydroxylation is 1. The molecule has 2 unspecified atom stereocenters. The van der Waals surface area contributed by atoms with E-state index >= 15 is 0 Å². The van der Waals surface area contributed by atoms with Crippen LogP contribution in [-0.4, -0.2) is 33.7 Å². The number of anilines is 3. The highest BCUT2D eigenvalue weighted by Crippen LogP contribution is 2.47. The molecule has 0 aromatic carbocycles. The van der Waals surface area contributed by atoms with E-state index in [0.717, 1.165) is 5.56 Å². The Morgan fingerprint density at radius 2 is 2.00 bits per heavy atom. The van der Waals surface area contributed by atoms with Crippen molar-refractivity contribution in [3.05, 3.63) is 40.1 Å². The van der Waals surface area contributed by atoms with Crippen molar-refractivity contribution in [2.24, 2.45) is 11.8 Å². The summed E-state index contributed by atoms with van der Waals surface area (Å²) in [5, 5.41) is 6.13. The Kier molecular flexibility index (Phi) is 3.33. The summed E-state index contributed by atoms with van der Waals surface area (Å²) in [7, 11) is 0. The van der Waals surface area contributed by atoms with Crippen LogP contribution in [0.4, 0.5) is 17.3 Å². The summed E-state index contributed by atoms with van der Waals surface area (Å²) in [6.45, 7) is 3.20. The average Bonchev–Trinajstić information content (AvgIpc) is 3.25. The lowest BCUT2D eigenvalue weighted by Gasteiger charge is -2.28. The van der Waals surface area contributed by atoms with Crippen molar-refractivity contribution < 1.29 is 9.53 Å². The summed E-state index contributed by atoms with van der Waals surface area (Å²) >= 11 is 0. The summed E-state index contributed by atoms with van der Waals surface area (Å²) in [5.41, 5.74) is 6.32. The van der Waals surface area contributed by atoms with E-state index in [9.17, 15) is 9.59 Å². The van der Waals surface area contributed by atoms with Crippen molar-refractivity contribution in [1.82, 2.24) is 19.9 Å². The molecule has 4 heterocycles. The summed E-state index contributed by atoms with van der Waals surface area (Å²) in [4.78, 5) is 34.0. The highest BCUT2D eigenvalue weighted by molar-refractivity contribution is 5.97. The van der Waals surface area contributed by atoms with E-state index in [4.69, 9.17) is 10.5 Å². The monoisotopic (exact) mass is 368 g/mol. The van der Waals surface area contributed by atoms with Crippen molar-refractivity contribution in [3.63, 3.8) is 0 Å². The molecule has 1 saturated heterocycles. The van der Waals surface area contributed by atoms with Crippen LogP contribution in [0, 0.1) is 18.8 Å². The zero-order chi connectivity index (χ0) is 18.8. The van der Waals surface area contributed by atoms with Crippen LogP contribution < -0.4 is 21.9 Å². The largest absolute Gasteiger partial charge is 0.384 e. The SMILES string of the molecule is Cc1cc(Nc2cc(N)ncn2)c(=O)n2c1C(=O)NC21CC2COC[C@H]2C1. The maximum absolute atomic E-state index is 13.3. The third kappa shape index (κ3) is 2.34. The van der Waals surface area contributed by atoms with E-state index in [1.807, 2.05) is 6.92 Å².